The van der Waals surface area contributed by atoms with Crippen molar-refractivity contribution in [3.8, 4) is 11.7 Å². The molecule has 0 amide bonds. The number of rotatable bonds is 6. The molecule has 3 heterocycles. The lowest BCUT2D eigenvalue weighted by atomic mass is 10.2. The summed E-state index contributed by atoms with van der Waals surface area (Å²) in [6.45, 7) is 4.03. The number of halogens is 3. The summed E-state index contributed by atoms with van der Waals surface area (Å²) in [6, 6.07) is 7.53. The van der Waals surface area contributed by atoms with E-state index in [-0.39, 0.29) is 13.2 Å². The molecule has 0 atom stereocenters. The molecular weight excluding hydrogens is 361 g/mol. The molecule has 7 nitrogen and oxygen atoms in total. The van der Waals surface area contributed by atoms with Gasteiger partial charge in [0.25, 0.3) is 0 Å². The van der Waals surface area contributed by atoms with Crippen LogP contribution in [0.25, 0.3) is 5.82 Å². The Morgan fingerprint density at radius 1 is 1.15 bits per heavy atom. The maximum Gasteiger partial charge on any atom is 0.421 e. The molecular formula is C17H17F3N6O. The molecule has 3 aromatic rings. The molecule has 10 heteroatoms. The summed E-state index contributed by atoms with van der Waals surface area (Å²) in [5.74, 6) is 0.601. The fraction of sp³-hybridized carbons (Fsp3) is 0.294. The van der Waals surface area contributed by atoms with Crippen LogP contribution in [0.15, 0.2) is 36.5 Å². The van der Waals surface area contributed by atoms with E-state index in [1.807, 2.05) is 19.9 Å². The predicted octanol–water partition coefficient (Wildman–Crippen LogP) is 3.18. The summed E-state index contributed by atoms with van der Waals surface area (Å²) in [5.41, 5.74) is 0.909. The lowest BCUT2D eigenvalue weighted by Crippen LogP contribution is -2.16. The van der Waals surface area contributed by atoms with Gasteiger partial charge < -0.3 is 10.1 Å². The summed E-state index contributed by atoms with van der Waals surface area (Å²) < 4.78 is 45.4. The van der Waals surface area contributed by atoms with Gasteiger partial charge in [-0.15, -0.1) is 10.2 Å². The third-order valence-electron chi connectivity index (χ3n) is 3.60. The van der Waals surface area contributed by atoms with Crippen LogP contribution in [0.1, 0.15) is 17.0 Å². The molecule has 3 aromatic heterocycles. The van der Waals surface area contributed by atoms with Crippen molar-refractivity contribution in [1.82, 2.24) is 25.0 Å². The quantitative estimate of drug-likeness (QED) is 0.664. The van der Waals surface area contributed by atoms with Crippen LogP contribution in [-0.4, -0.2) is 38.1 Å². The maximum absolute atomic E-state index is 12.9. The van der Waals surface area contributed by atoms with Gasteiger partial charge in [-0.3, -0.25) is 0 Å². The van der Waals surface area contributed by atoms with E-state index in [2.05, 4.69) is 25.6 Å². The Morgan fingerprint density at radius 3 is 2.59 bits per heavy atom. The van der Waals surface area contributed by atoms with Gasteiger partial charge in [-0.25, -0.2) is 9.67 Å². The summed E-state index contributed by atoms with van der Waals surface area (Å²) >= 11 is 0. The average Bonchev–Trinajstić information content (AvgIpc) is 2.97. The first kappa shape index (κ1) is 18.6. The Labute approximate surface area is 153 Å². The molecule has 0 aliphatic carbocycles. The molecule has 0 unspecified atom stereocenters. The maximum atomic E-state index is 12.9. The largest absolute Gasteiger partial charge is 0.475 e. The number of hydrogen-bond acceptors (Lipinski definition) is 6. The zero-order valence-corrected chi connectivity index (χ0v) is 14.7. The van der Waals surface area contributed by atoms with Crippen LogP contribution in [0.4, 0.5) is 19.0 Å². The van der Waals surface area contributed by atoms with Crippen LogP contribution in [0.2, 0.25) is 0 Å². The van der Waals surface area contributed by atoms with Gasteiger partial charge in [0.1, 0.15) is 18.0 Å². The van der Waals surface area contributed by atoms with E-state index in [1.165, 1.54) is 12.3 Å². The Bertz CT molecular complexity index is 908. The van der Waals surface area contributed by atoms with Crippen molar-refractivity contribution in [2.24, 2.45) is 0 Å². The highest BCUT2D eigenvalue weighted by molar-refractivity contribution is 5.37. The van der Waals surface area contributed by atoms with E-state index in [1.54, 1.807) is 16.8 Å². The van der Waals surface area contributed by atoms with Crippen molar-refractivity contribution in [3.05, 3.63) is 53.5 Å². The lowest BCUT2D eigenvalue weighted by molar-refractivity contribution is -0.139. The van der Waals surface area contributed by atoms with E-state index >= 15 is 0 Å². The fourth-order valence-electron chi connectivity index (χ4n) is 2.44. The third-order valence-corrected chi connectivity index (χ3v) is 3.60. The molecule has 0 spiro atoms. The predicted molar refractivity (Wildman–Crippen MR) is 91.9 cm³/mol. The summed E-state index contributed by atoms with van der Waals surface area (Å²) in [6.07, 6.45) is -3.26. The van der Waals surface area contributed by atoms with E-state index in [4.69, 9.17) is 4.74 Å². The second-order valence-corrected chi connectivity index (χ2v) is 5.74. The first-order valence-electron chi connectivity index (χ1n) is 8.11. The molecule has 0 bridgehead atoms. The van der Waals surface area contributed by atoms with Gasteiger partial charge in [-0.1, -0.05) is 0 Å². The first-order chi connectivity index (χ1) is 12.8. The number of aryl methyl sites for hydroxylation is 2. The molecule has 0 fully saturated rings. The van der Waals surface area contributed by atoms with Gasteiger partial charge in [-0.05, 0) is 44.2 Å². The third kappa shape index (κ3) is 4.52. The summed E-state index contributed by atoms with van der Waals surface area (Å²) in [4.78, 5) is 3.64. The minimum atomic E-state index is -4.51. The molecule has 0 radical (unpaired) electrons. The Morgan fingerprint density at radius 2 is 1.96 bits per heavy atom. The topological polar surface area (TPSA) is 77.8 Å². The van der Waals surface area contributed by atoms with Crippen LogP contribution in [0, 0.1) is 13.8 Å². The van der Waals surface area contributed by atoms with Crippen molar-refractivity contribution in [1.29, 1.82) is 0 Å². The SMILES string of the molecule is Cc1cc(C)n(-c2ccc(NCCOc3ncccc3C(F)(F)F)nn2)n1. The van der Waals surface area contributed by atoms with Gasteiger partial charge in [-0.2, -0.15) is 18.3 Å². The van der Waals surface area contributed by atoms with Crippen molar-refractivity contribution >= 4 is 5.82 Å². The highest BCUT2D eigenvalue weighted by Crippen LogP contribution is 2.34. The highest BCUT2D eigenvalue weighted by atomic mass is 19.4. The molecule has 0 saturated heterocycles. The number of ether oxygens (including phenoxy) is 1. The zero-order chi connectivity index (χ0) is 19.4. The molecule has 0 aromatic carbocycles. The number of alkyl halides is 3. The number of nitrogens with zero attached hydrogens (tertiary/aromatic N) is 5. The number of hydrogen-bond donors (Lipinski definition) is 1. The van der Waals surface area contributed by atoms with Gasteiger partial charge in [0, 0.05) is 11.9 Å². The minimum Gasteiger partial charge on any atom is -0.475 e. The molecule has 3 rings (SSSR count). The van der Waals surface area contributed by atoms with E-state index in [9.17, 15) is 13.2 Å². The van der Waals surface area contributed by atoms with Crippen molar-refractivity contribution in [2.45, 2.75) is 20.0 Å². The van der Waals surface area contributed by atoms with Crippen LogP contribution in [0.5, 0.6) is 5.88 Å². The summed E-state index contributed by atoms with van der Waals surface area (Å²) in [7, 11) is 0. The van der Waals surface area contributed by atoms with Gasteiger partial charge in [0.05, 0.1) is 12.2 Å². The average molecular weight is 378 g/mol. The monoisotopic (exact) mass is 378 g/mol. The van der Waals surface area contributed by atoms with Gasteiger partial charge in [0.15, 0.2) is 5.82 Å². The van der Waals surface area contributed by atoms with Crippen LogP contribution in [0.3, 0.4) is 0 Å². The van der Waals surface area contributed by atoms with Crippen molar-refractivity contribution in [2.75, 3.05) is 18.5 Å². The molecule has 0 saturated carbocycles. The second-order valence-electron chi connectivity index (χ2n) is 5.74. The Balaban J connectivity index is 1.55. The Hall–Kier alpha value is -3.17. The van der Waals surface area contributed by atoms with Gasteiger partial charge in [0.2, 0.25) is 5.88 Å². The normalized spacial score (nSPS) is 11.4. The number of pyridine rings is 1. The molecule has 142 valence electrons. The van der Waals surface area contributed by atoms with Crippen LogP contribution >= 0.6 is 0 Å². The molecule has 0 aliphatic rings. The first-order valence-corrected chi connectivity index (χ1v) is 8.11. The molecule has 0 aliphatic heterocycles. The lowest BCUT2D eigenvalue weighted by Gasteiger charge is -2.12. The second kappa shape index (κ2) is 7.60. The van der Waals surface area contributed by atoms with Gasteiger partial charge >= 0.3 is 6.18 Å². The molecule has 27 heavy (non-hydrogen) atoms. The van der Waals surface area contributed by atoms with Crippen LogP contribution in [-0.2, 0) is 6.18 Å². The van der Waals surface area contributed by atoms with E-state index in [0.717, 1.165) is 17.5 Å². The number of anilines is 1. The summed E-state index contributed by atoms with van der Waals surface area (Å²) in [5, 5.41) is 15.4. The number of nitrogens with one attached hydrogen (secondary N) is 1. The standard InChI is InChI=1S/C17H17F3N6O/c1-11-10-12(2)26(25-11)15-6-5-14(23-24-15)21-8-9-27-16-13(17(18,19)20)4-3-7-22-16/h3-7,10H,8-9H2,1-2H3,(H,21,23). The van der Waals surface area contributed by atoms with E-state index in [0.29, 0.717) is 11.6 Å². The highest BCUT2D eigenvalue weighted by Gasteiger charge is 2.34. The smallest absolute Gasteiger partial charge is 0.421 e. The number of aromatic nitrogens is 5. The molecule has 1 N–H and O–H groups in total. The van der Waals surface area contributed by atoms with Crippen LogP contribution < -0.4 is 10.1 Å². The zero-order valence-electron chi connectivity index (χ0n) is 14.7. The minimum absolute atomic E-state index is 0.0129. The van der Waals surface area contributed by atoms with E-state index < -0.39 is 17.6 Å². The van der Waals surface area contributed by atoms with Crippen molar-refractivity contribution in [3.63, 3.8) is 0 Å². The van der Waals surface area contributed by atoms with Crippen molar-refractivity contribution < 1.29 is 17.9 Å². The Kier molecular flexibility index (Phi) is 5.24. The fourth-order valence-corrected chi connectivity index (χ4v) is 2.44.